The van der Waals surface area contributed by atoms with Crippen LogP contribution in [0.2, 0.25) is 0 Å². The molecule has 0 aromatic carbocycles. The molecule has 1 N–H and O–H groups in total. The van der Waals surface area contributed by atoms with Crippen molar-refractivity contribution >= 4 is 18.4 Å². The summed E-state index contributed by atoms with van der Waals surface area (Å²) in [5.74, 6) is 0. The zero-order valence-corrected chi connectivity index (χ0v) is 38.0. The Morgan fingerprint density at radius 3 is 0.898 bits per heavy atom. The Bertz CT molecular complexity index is 638. The maximum absolute atomic E-state index is 6.30. The monoisotopic (exact) mass is 845 g/mol. The third-order valence-corrected chi connectivity index (χ3v) is 12.5. The summed E-state index contributed by atoms with van der Waals surface area (Å²) in [6.45, 7) is 5.67. The van der Waals surface area contributed by atoms with Crippen LogP contribution in [0.5, 0.6) is 0 Å². The average molecular weight is 845 g/mol. The number of hydrogen-bond donors (Lipinski definition) is 1. The van der Waals surface area contributed by atoms with Crippen molar-refractivity contribution in [3.05, 3.63) is 0 Å². The number of rotatable bonds is 41. The quantitative estimate of drug-likeness (QED) is 0.0287. The number of nitrogens with zero attached hydrogens (tertiary/aromatic N) is 1. The van der Waals surface area contributed by atoms with E-state index in [9.17, 15) is 0 Å². The molecule has 0 aliphatic rings. The van der Waals surface area contributed by atoms with E-state index >= 15 is 0 Å². The third kappa shape index (κ3) is 43.5. The number of quaternary nitrogens is 1. The van der Waals surface area contributed by atoms with Crippen LogP contribution in [-0.2, 0) is 20.9 Å². The summed E-state index contributed by atoms with van der Waals surface area (Å²) in [6, 6.07) is 0. The molecule has 0 fully saturated rings. The second kappa shape index (κ2) is 40.4. The highest BCUT2D eigenvalue weighted by atomic mass is 127. The molecule has 0 aliphatic carbocycles. The van der Waals surface area contributed by atoms with Gasteiger partial charge >= 0.3 is 0 Å². The van der Waals surface area contributed by atoms with Gasteiger partial charge in [-0.25, -0.2) is 5.09 Å². The fourth-order valence-electron chi connectivity index (χ4n) is 6.57. The van der Waals surface area contributed by atoms with Crippen LogP contribution in [0.3, 0.4) is 0 Å². The molecule has 0 aliphatic heterocycles. The molecule has 0 saturated heterocycles. The highest BCUT2D eigenvalue weighted by molar-refractivity contribution is 8.08. The van der Waals surface area contributed by atoms with E-state index in [-0.39, 0.29) is 24.0 Å². The van der Waals surface area contributed by atoms with Crippen LogP contribution in [0.25, 0.3) is 0 Å². The molecule has 0 atom stereocenters. The summed E-state index contributed by atoms with van der Waals surface area (Å²) < 4.78 is 13.6. The normalized spacial score (nSPS) is 12.1. The van der Waals surface area contributed by atoms with Crippen LogP contribution in [0.15, 0.2) is 0 Å². The van der Waals surface area contributed by atoms with Gasteiger partial charge in [-0.15, -0.1) is 0 Å². The lowest BCUT2D eigenvalue weighted by atomic mass is 10.0. The van der Waals surface area contributed by atoms with Crippen molar-refractivity contribution in [2.45, 2.75) is 226 Å². The van der Waals surface area contributed by atoms with Gasteiger partial charge in [-0.1, -0.05) is 206 Å². The van der Waals surface area contributed by atoms with Crippen molar-refractivity contribution in [1.29, 1.82) is 0 Å². The van der Waals surface area contributed by atoms with Crippen molar-refractivity contribution in [1.82, 2.24) is 5.09 Å². The Balaban J connectivity index is 0. The molecule has 7 heteroatoms. The lowest BCUT2D eigenvalue weighted by molar-refractivity contribution is -0.870. The summed E-state index contributed by atoms with van der Waals surface area (Å²) in [4.78, 5) is 0. The Morgan fingerprint density at radius 2 is 0.653 bits per heavy atom. The number of halogens is 1. The van der Waals surface area contributed by atoms with E-state index in [0.29, 0.717) is 0 Å². The lowest BCUT2D eigenvalue weighted by Crippen LogP contribution is -3.00. The topological polar surface area (TPSA) is 30.5 Å². The van der Waals surface area contributed by atoms with Gasteiger partial charge in [-0.3, -0.25) is 0 Å². The molecule has 0 rings (SSSR count). The van der Waals surface area contributed by atoms with Crippen molar-refractivity contribution < 1.29 is 37.5 Å². The fourth-order valence-corrected chi connectivity index (χ4v) is 8.72. The number of unbranched alkanes of at least 4 members (excludes halogenated alkanes) is 30. The van der Waals surface area contributed by atoms with E-state index < -0.39 is 6.64 Å². The van der Waals surface area contributed by atoms with Gasteiger partial charge in [0, 0.05) is 13.0 Å². The zero-order valence-electron chi connectivity index (χ0n) is 34.2. The molecule has 49 heavy (non-hydrogen) atoms. The van der Waals surface area contributed by atoms with E-state index in [1.54, 1.807) is 0 Å². The van der Waals surface area contributed by atoms with Gasteiger partial charge in [-0.2, -0.15) is 0 Å². The molecule has 0 aromatic rings. The molecule has 0 heterocycles. The molecular formula is C42H90IN2O2PS. The number of nitrogens with one attached hydrogen (secondary N) is 1. The first-order valence-electron chi connectivity index (χ1n) is 21.8. The van der Waals surface area contributed by atoms with E-state index in [1.807, 2.05) is 0 Å². The van der Waals surface area contributed by atoms with Crippen LogP contribution in [0.1, 0.15) is 226 Å². The smallest absolute Gasteiger partial charge is 0.261 e. The molecule has 4 nitrogen and oxygen atoms in total. The second-order valence-electron chi connectivity index (χ2n) is 16.0. The van der Waals surface area contributed by atoms with Gasteiger partial charge in [-0.05, 0) is 24.6 Å². The van der Waals surface area contributed by atoms with E-state index in [2.05, 4.69) is 40.1 Å². The van der Waals surface area contributed by atoms with E-state index in [0.717, 1.165) is 50.0 Å². The lowest BCUT2D eigenvalue weighted by Gasteiger charge is -2.26. The summed E-state index contributed by atoms with van der Waals surface area (Å²) in [6.07, 6.45) is 45.5. The summed E-state index contributed by atoms with van der Waals surface area (Å²) in [5, 5.41) is 3.55. The van der Waals surface area contributed by atoms with Gasteiger partial charge in [0.05, 0.1) is 40.9 Å². The Kier molecular flexibility index (Phi) is 43.1. The first kappa shape index (κ1) is 52.3. The van der Waals surface area contributed by atoms with Crippen LogP contribution in [-0.4, -0.2) is 51.9 Å². The minimum atomic E-state index is -2.40. The van der Waals surface area contributed by atoms with E-state index in [1.165, 1.54) is 193 Å². The average Bonchev–Trinajstić information content (AvgIpc) is 3.05. The molecule has 0 radical (unpaired) electrons. The molecule has 0 spiro atoms. The number of hydrogen-bond acceptors (Lipinski definition) is 3. The Hall–Kier alpha value is 1.22. The highest BCUT2D eigenvalue weighted by Crippen LogP contribution is 2.44. The van der Waals surface area contributed by atoms with Crippen molar-refractivity contribution in [3.8, 4) is 0 Å². The van der Waals surface area contributed by atoms with Gasteiger partial charge in [0.15, 0.2) is 0 Å². The van der Waals surface area contributed by atoms with Crippen LogP contribution in [0.4, 0.5) is 0 Å². The van der Waals surface area contributed by atoms with Gasteiger partial charge < -0.3 is 37.5 Å². The van der Waals surface area contributed by atoms with E-state index in [4.69, 9.17) is 20.9 Å². The predicted molar refractivity (Wildman–Crippen MR) is 221 cm³/mol. The SMILES string of the molecule is CCCCCCCCCCCCCCCCCCOP(=S)(NCCC[N+](C)(C)C)OCCCCCCCCCCCCCCCCCC.[I-]. The second-order valence-corrected chi connectivity index (χ2v) is 19.3. The molecule has 0 saturated carbocycles. The first-order chi connectivity index (χ1) is 23.3. The molecule has 0 unspecified atom stereocenters. The maximum atomic E-state index is 6.30. The first-order valence-corrected chi connectivity index (χ1v) is 24.4. The fraction of sp³-hybridized carbons (Fsp3) is 1.00. The highest BCUT2D eigenvalue weighted by Gasteiger charge is 2.19. The Labute approximate surface area is 332 Å². The zero-order chi connectivity index (χ0) is 35.3. The third-order valence-electron chi connectivity index (χ3n) is 9.83. The van der Waals surface area contributed by atoms with Gasteiger partial charge in [0.25, 0.3) is 6.64 Å². The predicted octanol–water partition coefficient (Wildman–Crippen LogP) is 11.5. The van der Waals surface area contributed by atoms with Crippen molar-refractivity contribution in [3.63, 3.8) is 0 Å². The molecule has 298 valence electrons. The van der Waals surface area contributed by atoms with Crippen LogP contribution in [0, 0.1) is 0 Å². The maximum Gasteiger partial charge on any atom is 0.261 e. The molecular weight excluding hydrogens is 754 g/mol. The summed E-state index contributed by atoms with van der Waals surface area (Å²) in [5.41, 5.74) is 0. The van der Waals surface area contributed by atoms with Gasteiger partial charge in [0.2, 0.25) is 0 Å². The minimum Gasteiger partial charge on any atom is -1.00 e. The molecule has 0 aromatic heterocycles. The summed E-state index contributed by atoms with van der Waals surface area (Å²) >= 11 is 5.98. The van der Waals surface area contributed by atoms with Crippen LogP contribution < -0.4 is 29.1 Å². The van der Waals surface area contributed by atoms with Crippen molar-refractivity contribution in [2.24, 2.45) is 0 Å². The molecule has 0 amide bonds. The largest absolute Gasteiger partial charge is 1.00 e. The molecule has 0 bridgehead atoms. The van der Waals surface area contributed by atoms with Crippen molar-refractivity contribution in [2.75, 3.05) is 47.4 Å². The van der Waals surface area contributed by atoms with Gasteiger partial charge in [0.1, 0.15) is 0 Å². The standard InChI is InChI=1S/C42H90N2O2PS.HI/c1-6-8-10-12-14-16-18-20-22-24-26-28-30-32-34-36-41-45-47(48,43-39-38-40-44(3,4)5)46-42-37-35-33-31-29-27-25-23-21-19-17-15-13-11-9-7-2;/h6-42H2,1-5H3,(H,43,48);1H/q+1;/p-1. The minimum absolute atomic E-state index is 0. The van der Waals surface area contributed by atoms with Crippen LogP contribution >= 0.6 is 6.64 Å². The Morgan fingerprint density at radius 1 is 0.408 bits per heavy atom. The summed E-state index contributed by atoms with van der Waals surface area (Å²) in [7, 11) is 6.74.